The van der Waals surface area contributed by atoms with Gasteiger partial charge >= 0.3 is 5.97 Å². The number of carbonyl (C=O) groups excluding carboxylic acids is 1. The Bertz CT molecular complexity index is 632. The molecule has 4 heteroatoms. The second kappa shape index (κ2) is 3.98. The van der Waals surface area contributed by atoms with Crippen LogP contribution >= 0.6 is 0 Å². The number of carboxylic acids is 1. The molecule has 0 atom stereocenters. The quantitative estimate of drug-likeness (QED) is 0.799. The first-order valence-corrected chi connectivity index (χ1v) is 5.71. The second-order valence-electron chi connectivity index (χ2n) is 5.30. The molecule has 1 aromatic heterocycles. The molecule has 0 aliphatic heterocycles. The number of benzene rings is 1. The Balaban J connectivity index is 2.78. The Kier molecular flexibility index (Phi) is 2.73. The lowest BCUT2D eigenvalue weighted by Crippen LogP contribution is -2.22. The van der Waals surface area contributed by atoms with Crippen LogP contribution in [0.2, 0.25) is 0 Å². The third-order valence-electron chi connectivity index (χ3n) is 2.83. The van der Waals surface area contributed by atoms with Crippen molar-refractivity contribution in [1.29, 1.82) is 0 Å². The van der Waals surface area contributed by atoms with Crippen LogP contribution in [0, 0.1) is 5.41 Å². The van der Waals surface area contributed by atoms with E-state index < -0.39 is 11.4 Å². The number of rotatable bonds is 2. The molecule has 2 rings (SSSR count). The summed E-state index contributed by atoms with van der Waals surface area (Å²) in [5.41, 5.74) is 0.291. The monoisotopic (exact) mass is 245 g/mol. The Hall–Kier alpha value is -2.10. The molecule has 0 aliphatic carbocycles. The van der Waals surface area contributed by atoms with Crippen molar-refractivity contribution in [2.45, 2.75) is 20.8 Å². The lowest BCUT2D eigenvalue weighted by Gasteiger charge is -2.16. The van der Waals surface area contributed by atoms with Crippen molar-refractivity contribution >= 4 is 22.7 Å². The minimum absolute atomic E-state index is 0.0314. The number of aromatic nitrogens is 1. The van der Waals surface area contributed by atoms with Gasteiger partial charge in [-0.25, -0.2) is 4.79 Å². The molecule has 0 aliphatic rings. The maximum atomic E-state index is 12.4. The lowest BCUT2D eigenvalue weighted by atomic mass is 9.85. The first-order chi connectivity index (χ1) is 8.32. The molecule has 2 N–H and O–H groups in total. The van der Waals surface area contributed by atoms with Crippen molar-refractivity contribution in [1.82, 2.24) is 4.98 Å². The summed E-state index contributed by atoms with van der Waals surface area (Å²) in [6.45, 7) is 5.34. The molecule has 0 amide bonds. The highest BCUT2D eigenvalue weighted by Gasteiger charge is 2.30. The number of aromatic amines is 1. The molecule has 0 saturated heterocycles. The van der Waals surface area contributed by atoms with E-state index in [9.17, 15) is 14.7 Å². The number of hydrogen-bond donors (Lipinski definition) is 2. The van der Waals surface area contributed by atoms with Gasteiger partial charge < -0.3 is 10.1 Å². The summed E-state index contributed by atoms with van der Waals surface area (Å²) in [5.74, 6) is -1.28. The van der Waals surface area contributed by atoms with Gasteiger partial charge in [-0.1, -0.05) is 39.0 Å². The molecular formula is C14H15NO3. The van der Waals surface area contributed by atoms with E-state index in [2.05, 4.69) is 4.98 Å². The number of H-pyrrole nitrogens is 1. The van der Waals surface area contributed by atoms with E-state index in [-0.39, 0.29) is 17.0 Å². The molecule has 1 heterocycles. The van der Waals surface area contributed by atoms with Crippen molar-refractivity contribution in [3.05, 3.63) is 35.5 Å². The van der Waals surface area contributed by atoms with E-state index in [1.165, 1.54) is 0 Å². The molecule has 0 spiro atoms. The van der Waals surface area contributed by atoms with Crippen LogP contribution in [-0.4, -0.2) is 21.8 Å². The van der Waals surface area contributed by atoms with Gasteiger partial charge in [0.05, 0.1) is 5.56 Å². The fourth-order valence-electron chi connectivity index (χ4n) is 1.91. The Morgan fingerprint density at radius 1 is 1.17 bits per heavy atom. The van der Waals surface area contributed by atoms with Gasteiger partial charge in [0.1, 0.15) is 5.69 Å². The maximum Gasteiger partial charge on any atom is 0.353 e. The summed E-state index contributed by atoms with van der Waals surface area (Å²) in [7, 11) is 0. The van der Waals surface area contributed by atoms with Crippen LogP contribution in [0.25, 0.3) is 10.9 Å². The van der Waals surface area contributed by atoms with Crippen LogP contribution in [-0.2, 0) is 0 Å². The molecule has 4 nitrogen and oxygen atoms in total. The average molecular weight is 245 g/mol. The number of Topliss-reactive ketones (excluding diaryl/α,β-unsaturated/α-hetero) is 1. The van der Waals surface area contributed by atoms with Crippen molar-refractivity contribution < 1.29 is 14.7 Å². The smallest absolute Gasteiger partial charge is 0.353 e. The van der Waals surface area contributed by atoms with Crippen LogP contribution in [0.4, 0.5) is 0 Å². The first-order valence-electron chi connectivity index (χ1n) is 5.71. The predicted molar refractivity (Wildman–Crippen MR) is 69.0 cm³/mol. The molecule has 0 radical (unpaired) electrons. The average Bonchev–Trinajstić information content (AvgIpc) is 2.65. The molecule has 0 saturated carbocycles. The standard InChI is InChI=1S/C14H15NO3/c1-14(2,3)12(16)10-8-6-4-5-7-9(8)15-11(10)13(17)18/h4-7,15H,1-3H3,(H,17,18). The number of nitrogens with one attached hydrogen (secondary N) is 1. The summed E-state index contributed by atoms with van der Waals surface area (Å²) in [6, 6.07) is 7.12. The Morgan fingerprint density at radius 2 is 1.78 bits per heavy atom. The van der Waals surface area contributed by atoms with E-state index in [0.717, 1.165) is 0 Å². The third-order valence-corrected chi connectivity index (χ3v) is 2.83. The highest BCUT2D eigenvalue weighted by Crippen LogP contribution is 2.29. The molecule has 0 fully saturated rings. The van der Waals surface area contributed by atoms with E-state index in [4.69, 9.17) is 0 Å². The van der Waals surface area contributed by atoms with Gasteiger partial charge in [0.2, 0.25) is 0 Å². The number of hydrogen-bond acceptors (Lipinski definition) is 2. The molecule has 2 aromatic rings. The van der Waals surface area contributed by atoms with Gasteiger partial charge in [-0.2, -0.15) is 0 Å². The van der Waals surface area contributed by atoms with Crippen LogP contribution in [0.5, 0.6) is 0 Å². The van der Waals surface area contributed by atoms with Crippen LogP contribution in [0.1, 0.15) is 41.6 Å². The minimum Gasteiger partial charge on any atom is -0.477 e. The van der Waals surface area contributed by atoms with Gasteiger partial charge in [0.25, 0.3) is 0 Å². The number of aromatic carboxylic acids is 1. The van der Waals surface area contributed by atoms with Gasteiger partial charge in [-0.3, -0.25) is 4.79 Å². The van der Waals surface area contributed by atoms with Crippen LogP contribution in [0.3, 0.4) is 0 Å². The van der Waals surface area contributed by atoms with Gasteiger partial charge in [-0.15, -0.1) is 0 Å². The maximum absolute atomic E-state index is 12.4. The van der Waals surface area contributed by atoms with Crippen LogP contribution < -0.4 is 0 Å². The molecule has 0 bridgehead atoms. The Morgan fingerprint density at radius 3 is 2.33 bits per heavy atom. The number of carboxylic acid groups (broad SMARTS) is 1. The largest absolute Gasteiger partial charge is 0.477 e. The zero-order valence-corrected chi connectivity index (χ0v) is 10.6. The highest BCUT2D eigenvalue weighted by atomic mass is 16.4. The molecular weight excluding hydrogens is 230 g/mol. The van der Waals surface area contributed by atoms with E-state index in [1.807, 2.05) is 0 Å². The number of para-hydroxylation sites is 1. The third kappa shape index (κ3) is 1.90. The fraction of sp³-hybridized carbons (Fsp3) is 0.286. The zero-order valence-electron chi connectivity index (χ0n) is 10.6. The van der Waals surface area contributed by atoms with Crippen molar-refractivity contribution in [2.75, 3.05) is 0 Å². The van der Waals surface area contributed by atoms with E-state index in [0.29, 0.717) is 10.9 Å². The van der Waals surface area contributed by atoms with E-state index >= 15 is 0 Å². The summed E-state index contributed by atoms with van der Waals surface area (Å²) in [5, 5.41) is 9.86. The van der Waals surface area contributed by atoms with Crippen molar-refractivity contribution in [3.8, 4) is 0 Å². The molecule has 94 valence electrons. The minimum atomic E-state index is -1.11. The predicted octanol–water partition coefficient (Wildman–Crippen LogP) is 3.09. The topological polar surface area (TPSA) is 70.2 Å². The summed E-state index contributed by atoms with van der Waals surface area (Å²) < 4.78 is 0. The van der Waals surface area contributed by atoms with Gasteiger partial charge in [0, 0.05) is 16.3 Å². The number of carbonyl (C=O) groups is 2. The number of fused-ring (bicyclic) bond motifs is 1. The Labute approximate surface area is 105 Å². The summed E-state index contributed by atoms with van der Waals surface area (Å²) >= 11 is 0. The summed E-state index contributed by atoms with van der Waals surface area (Å²) in [6.07, 6.45) is 0. The van der Waals surface area contributed by atoms with Crippen molar-refractivity contribution in [2.24, 2.45) is 5.41 Å². The SMILES string of the molecule is CC(C)(C)C(=O)c1c(C(=O)O)[nH]c2ccccc12. The molecule has 0 unspecified atom stereocenters. The second-order valence-corrected chi connectivity index (χ2v) is 5.30. The van der Waals surface area contributed by atoms with Gasteiger partial charge in [-0.05, 0) is 6.07 Å². The van der Waals surface area contributed by atoms with Crippen molar-refractivity contribution in [3.63, 3.8) is 0 Å². The lowest BCUT2D eigenvalue weighted by molar-refractivity contribution is 0.0682. The van der Waals surface area contributed by atoms with E-state index in [1.54, 1.807) is 45.0 Å². The molecule has 1 aromatic carbocycles. The fourth-order valence-corrected chi connectivity index (χ4v) is 1.91. The first kappa shape index (κ1) is 12.4. The normalized spacial score (nSPS) is 11.7. The number of ketones is 1. The summed E-state index contributed by atoms with van der Waals surface area (Å²) in [4.78, 5) is 26.4. The van der Waals surface area contributed by atoms with Gasteiger partial charge in [0.15, 0.2) is 5.78 Å². The van der Waals surface area contributed by atoms with Crippen LogP contribution in [0.15, 0.2) is 24.3 Å². The highest BCUT2D eigenvalue weighted by molar-refractivity contribution is 6.16. The zero-order chi connectivity index (χ0) is 13.5. The molecule has 18 heavy (non-hydrogen) atoms.